The van der Waals surface area contributed by atoms with Crippen molar-refractivity contribution in [2.75, 3.05) is 31.6 Å². The monoisotopic (exact) mass is 725 g/mol. The molecule has 1 atom stereocenters. The van der Waals surface area contributed by atoms with Gasteiger partial charge in [-0.3, -0.25) is 13.9 Å². The zero-order valence-electron chi connectivity index (χ0n) is 28.2. The van der Waals surface area contributed by atoms with Crippen LogP contribution in [-0.4, -0.2) is 58.5 Å². The molecule has 12 heteroatoms. The van der Waals surface area contributed by atoms with Crippen LogP contribution >= 0.6 is 23.2 Å². The Kier molecular flexibility index (Phi) is 13.0. The maximum Gasteiger partial charge on any atom is 0.264 e. The fraction of sp³-hybridized carbons (Fsp3) is 0.297. The van der Waals surface area contributed by atoms with Crippen LogP contribution in [0.25, 0.3) is 0 Å². The first-order valence-electron chi connectivity index (χ1n) is 15.7. The van der Waals surface area contributed by atoms with Crippen molar-refractivity contribution in [1.82, 2.24) is 10.2 Å². The number of methoxy groups -OCH3 is 2. The number of aryl methyl sites for hydroxylation is 1. The predicted octanol–water partition coefficient (Wildman–Crippen LogP) is 6.93. The zero-order valence-corrected chi connectivity index (χ0v) is 30.5. The van der Waals surface area contributed by atoms with Gasteiger partial charge in [-0.25, -0.2) is 8.42 Å². The molecule has 0 aliphatic rings. The molecule has 0 spiro atoms. The molecule has 1 unspecified atom stereocenters. The second-order valence-corrected chi connectivity index (χ2v) is 14.7. The molecule has 4 aromatic carbocycles. The van der Waals surface area contributed by atoms with Crippen LogP contribution in [0.15, 0.2) is 95.9 Å². The van der Waals surface area contributed by atoms with Crippen LogP contribution in [0.1, 0.15) is 30.5 Å². The Morgan fingerprint density at radius 2 is 1.53 bits per heavy atom. The lowest BCUT2D eigenvalue weighted by atomic mass is 10.0. The molecule has 0 radical (unpaired) electrons. The van der Waals surface area contributed by atoms with Crippen molar-refractivity contribution in [3.8, 4) is 11.5 Å². The number of hydrogen-bond donors (Lipinski definition) is 1. The van der Waals surface area contributed by atoms with Gasteiger partial charge in [-0.05, 0) is 60.4 Å². The highest BCUT2D eigenvalue weighted by Crippen LogP contribution is 2.33. The van der Waals surface area contributed by atoms with E-state index in [1.54, 1.807) is 42.5 Å². The first kappa shape index (κ1) is 37.6. The molecule has 260 valence electrons. The molecule has 2 amide bonds. The van der Waals surface area contributed by atoms with Crippen molar-refractivity contribution in [2.45, 2.75) is 44.7 Å². The number of rotatable bonds is 15. The maximum absolute atomic E-state index is 14.7. The first-order valence-corrected chi connectivity index (χ1v) is 17.9. The summed E-state index contributed by atoms with van der Waals surface area (Å²) in [5, 5.41) is 3.69. The van der Waals surface area contributed by atoms with Crippen LogP contribution < -0.4 is 19.1 Å². The lowest BCUT2D eigenvalue weighted by molar-refractivity contribution is -0.140. The minimum atomic E-state index is -4.36. The number of benzene rings is 4. The third kappa shape index (κ3) is 9.68. The van der Waals surface area contributed by atoms with Gasteiger partial charge in [0.05, 0.1) is 24.8 Å². The normalized spacial score (nSPS) is 11.9. The standard InChI is InChI=1S/C37H41Cl2N3O6S/c1-25(2)22-40-37(44)33(19-27-9-7-6-8-10-27)41(23-28-13-14-29(38)20-32(28)39)36(43)24-42(30-15-11-26(3)12-16-30)49(45,46)31-17-18-34(47-4)35(21-31)48-5/h6-18,20-21,25,33H,19,22-24H2,1-5H3,(H,40,44). The van der Waals surface area contributed by atoms with Crippen molar-refractivity contribution in [2.24, 2.45) is 5.92 Å². The minimum absolute atomic E-state index is 0.0838. The molecule has 0 aromatic heterocycles. The summed E-state index contributed by atoms with van der Waals surface area (Å²) in [4.78, 5) is 29.9. The van der Waals surface area contributed by atoms with Crippen LogP contribution in [0.4, 0.5) is 5.69 Å². The van der Waals surface area contributed by atoms with E-state index in [0.29, 0.717) is 27.9 Å². The highest BCUT2D eigenvalue weighted by molar-refractivity contribution is 7.92. The first-order chi connectivity index (χ1) is 23.3. The van der Waals surface area contributed by atoms with E-state index < -0.39 is 28.5 Å². The van der Waals surface area contributed by atoms with Crippen LogP contribution in [0.5, 0.6) is 11.5 Å². The largest absolute Gasteiger partial charge is 0.493 e. The van der Waals surface area contributed by atoms with Crippen molar-refractivity contribution < 1.29 is 27.5 Å². The van der Waals surface area contributed by atoms with E-state index in [0.717, 1.165) is 15.4 Å². The van der Waals surface area contributed by atoms with Gasteiger partial charge in [-0.1, -0.05) is 91.1 Å². The molecule has 0 aliphatic heterocycles. The maximum atomic E-state index is 14.7. The van der Waals surface area contributed by atoms with Crippen molar-refractivity contribution in [3.63, 3.8) is 0 Å². The van der Waals surface area contributed by atoms with Crippen molar-refractivity contribution >= 4 is 50.7 Å². The van der Waals surface area contributed by atoms with Crippen LogP contribution in [0, 0.1) is 12.8 Å². The summed E-state index contributed by atoms with van der Waals surface area (Å²) in [5.74, 6) is -0.277. The lowest BCUT2D eigenvalue weighted by Gasteiger charge is -2.34. The smallest absolute Gasteiger partial charge is 0.264 e. The molecule has 0 fully saturated rings. The molecule has 4 aromatic rings. The molecule has 4 rings (SSSR count). The predicted molar refractivity (Wildman–Crippen MR) is 194 cm³/mol. The highest BCUT2D eigenvalue weighted by atomic mass is 35.5. The van der Waals surface area contributed by atoms with Crippen molar-refractivity contribution in [3.05, 3.63) is 118 Å². The number of carbonyl (C=O) groups excluding carboxylic acids is 2. The molecule has 0 bridgehead atoms. The number of halogens is 2. The number of nitrogens with one attached hydrogen (secondary N) is 1. The molecule has 49 heavy (non-hydrogen) atoms. The Labute approximate surface area is 298 Å². The number of carbonyl (C=O) groups is 2. The molecule has 9 nitrogen and oxygen atoms in total. The van der Waals surface area contributed by atoms with Gasteiger partial charge < -0.3 is 19.7 Å². The Morgan fingerprint density at radius 1 is 0.857 bits per heavy atom. The fourth-order valence-electron chi connectivity index (χ4n) is 5.15. The van der Waals surface area contributed by atoms with Gasteiger partial charge in [0.15, 0.2) is 11.5 Å². The van der Waals surface area contributed by atoms with Gasteiger partial charge in [0, 0.05) is 35.6 Å². The third-order valence-corrected chi connectivity index (χ3v) is 10.2. The van der Waals surface area contributed by atoms with E-state index in [9.17, 15) is 18.0 Å². The van der Waals surface area contributed by atoms with Crippen LogP contribution in [0.3, 0.4) is 0 Å². The highest BCUT2D eigenvalue weighted by Gasteiger charge is 2.35. The number of sulfonamides is 1. The lowest BCUT2D eigenvalue weighted by Crippen LogP contribution is -2.53. The van der Waals surface area contributed by atoms with E-state index in [-0.39, 0.29) is 41.1 Å². The van der Waals surface area contributed by atoms with E-state index in [1.807, 2.05) is 51.1 Å². The summed E-state index contributed by atoms with van der Waals surface area (Å²) in [6.07, 6.45) is 0.175. The molecule has 1 N–H and O–H groups in total. The topological polar surface area (TPSA) is 105 Å². The van der Waals surface area contributed by atoms with E-state index >= 15 is 0 Å². The van der Waals surface area contributed by atoms with Crippen molar-refractivity contribution in [1.29, 1.82) is 0 Å². The van der Waals surface area contributed by atoms with Gasteiger partial charge in [-0.15, -0.1) is 0 Å². The molecule has 0 saturated heterocycles. The Balaban J connectivity index is 1.84. The fourth-order valence-corrected chi connectivity index (χ4v) is 7.05. The summed E-state index contributed by atoms with van der Waals surface area (Å²) < 4.78 is 40.6. The second kappa shape index (κ2) is 16.9. The Morgan fingerprint density at radius 3 is 2.14 bits per heavy atom. The molecule has 0 aliphatic carbocycles. The van der Waals surface area contributed by atoms with Gasteiger partial charge in [0.1, 0.15) is 12.6 Å². The van der Waals surface area contributed by atoms with E-state index in [2.05, 4.69) is 5.32 Å². The SMILES string of the molecule is COc1ccc(S(=O)(=O)N(CC(=O)N(Cc2ccc(Cl)cc2Cl)C(Cc2ccccc2)C(=O)NCC(C)C)c2ccc(C)cc2)cc1OC. The van der Waals surface area contributed by atoms with E-state index in [4.69, 9.17) is 32.7 Å². The minimum Gasteiger partial charge on any atom is -0.493 e. The molecular weight excluding hydrogens is 685 g/mol. The molecule has 0 saturated carbocycles. The van der Waals surface area contributed by atoms with E-state index in [1.165, 1.54) is 37.3 Å². The zero-order chi connectivity index (χ0) is 35.7. The van der Waals surface area contributed by atoms with Gasteiger partial charge in [-0.2, -0.15) is 0 Å². The summed E-state index contributed by atoms with van der Waals surface area (Å²) >= 11 is 12.8. The summed E-state index contributed by atoms with van der Waals surface area (Å²) in [6, 6.07) is 24.3. The Hall–Kier alpha value is -4.25. The van der Waals surface area contributed by atoms with Crippen LogP contribution in [0.2, 0.25) is 10.0 Å². The molecular formula is C37H41Cl2N3O6S. The summed E-state index contributed by atoms with van der Waals surface area (Å²) in [5.41, 5.74) is 2.53. The number of anilines is 1. The van der Waals surface area contributed by atoms with Crippen LogP contribution in [-0.2, 0) is 32.6 Å². The van der Waals surface area contributed by atoms with Gasteiger partial charge >= 0.3 is 0 Å². The number of hydrogen-bond acceptors (Lipinski definition) is 6. The molecule has 0 heterocycles. The average Bonchev–Trinajstić information content (AvgIpc) is 3.08. The van der Waals surface area contributed by atoms with Gasteiger partial charge in [0.2, 0.25) is 11.8 Å². The summed E-state index contributed by atoms with van der Waals surface area (Å²) in [7, 11) is -1.50. The second-order valence-electron chi connectivity index (χ2n) is 12.0. The number of nitrogens with zero attached hydrogens (tertiary/aromatic N) is 2. The number of ether oxygens (including phenoxy) is 2. The summed E-state index contributed by atoms with van der Waals surface area (Å²) in [6.45, 7) is 5.51. The average molecular weight is 727 g/mol. The quantitative estimate of drug-likeness (QED) is 0.143. The third-order valence-electron chi connectivity index (χ3n) is 7.86. The number of amides is 2. The van der Waals surface area contributed by atoms with Gasteiger partial charge in [0.25, 0.3) is 10.0 Å². The Bertz CT molecular complexity index is 1850.